The highest BCUT2D eigenvalue weighted by molar-refractivity contribution is 7.92. The summed E-state index contributed by atoms with van der Waals surface area (Å²) in [6.45, 7) is 3.00. The minimum atomic E-state index is -3.37. The van der Waals surface area contributed by atoms with Crippen LogP contribution >= 0.6 is 0 Å². The smallest absolute Gasteiger partial charge is 0.212 e. The van der Waals surface area contributed by atoms with Crippen molar-refractivity contribution in [1.82, 2.24) is 10.0 Å². The Balaban J connectivity index is 2.39. The lowest BCUT2D eigenvalue weighted by Crippen LogP contribution is -2.38. The summed E-state index contributed by atoms with van der Waals surface area (Å²) in [5.41, 5.74) is 0. The molecular formula is C9H20N2O4S2. The van der Waals surface area contributed by atoms with Gasteiger partial charge in [0.25, 0.3) is 0 Å². The Hall–Kier alpha value is -0.180. The van der Waals surface area contributed by atoms with E-state index >= 15 is 0 Å². The lowest BCUT2D eigenvalue weighted by Gasteiger charge is -2.11. The van der Waals surface area contributed by atoms with Crippen LogP contribution in [0.5, 0.6) is 0 Å². The molecule has 1 heterocycles. The summed E-state index contributed by atoms with van der Waals surface area (Å²) in [6, 6.07) is 0. The van der Waals surface area contributed by atoms with E-state index < -0.39 is 25.1 Å². The molecule has 1 unspecified atom stereocenters. The van der Waals surface area contributed by atoms with Crippen molar-refractivity contribution in [2.24, 2.45) is 0 Å². The first kappa shape index (κ1) is 14.9. The van der Waals surface area contributed by atoms with Crippen LogP contribution in [-0.2, 0) is 19.9 Å². The Morgan fingerprint density at radius 2 is 2.06 bits per heavy atom. The van der Waals surface area contributed by atoms with Gasteiger partial charge >= 0.3 is 0 Å². The van der Waals surface area contributed by atoms with E-state index in [0.717, 1.165) is 0 Å². The molecule has 0 aliphatic carbocycles. The first-order valence-corrected chi connectivity index (χ1v) is 9.14. The third kappa shape index (κ3) is 4.90. The molecule has 0 aromatic carbocycles. The van der Waals surface area contributed by atoms with E-state index in [1.807, 2.05) is 6.92 Å². The van der Waals surface area contributed by atoms with Gasteiger partial charge in [0.2, 0.25) is 10.0 Å². The highest BCUT2D eigenvalue weighted by Crippen LogP contribution is 2.19. The van der Waals surface area contributed by atoms with Crippen LogP contribution in [0.15, 0.2) is 0 Å². The zero-order chi connectivity index (χ0) is 12.9. The van der Waals surface area contributed by atoms with Crippen LogP contribution < -0.4 is 10.0 Å². The quantitative estimate of drug-likeness (QED) is 0.591. The number of sulfonamides is 1. The second-order valence-corrected chi connectivity index (χ2v) is 8.48. The summed E-state index contributed by atoms with van der Waals surface area (Å²) in [4.78, 5) is 0. The molecular weight excluding hydrogens is 264 g/mol. The van der Waals surface area contributed by atoms with Crippen molar-refractivity contribution in [2.45, 2.75) is 25.0 Å². The molecule has 0 aromatic heterocycles. The number of nitrogens with one attached hydrogen (secondary N) is 2. The summed E-state index contributed by atoms with van der Waals surface area (Å²) in [6.07, 6.45) is 1.18. The van der Waals surface area contributed by atoms with E-state index in [1.54, 1.807) is 0 Å². The Labute approximate surface area is 103 Å². The van der Waals surface area contributed by atoms with Crippen LogP contribution in [0.3, 0.4) is 0 Å². The summed E-state index contributed by atoms with van der Waals surface area (Å²) < 4.78 is 48.4. The van der Waals surface area contributed by atoms with Crippen LogP contribution in [0, 0.1) is 0 Å². The lowest BCUT2D eigenvalue weighted by molar-refractivity contribution is 0.568. The third-order valence-corrected chi connectivity index (χ3v) is 6.42. The molecule has 1 saturated heterocycles. The highest BCUT2D eigenvalue weighted by Gasteiger charge is 2.31. The summed E-state index contributed by atoms with van der Waals surface area (Å²) in [5, 5.41) is 2.37. The molecule has 0 radical (unpaired) electrons. The molecule has 1 atom stereocenters. The average molecular weight is 284 g/mol. The number of hydrogen-bond acceptors (Lipinski definition) is 5. The van der Waals surface area contributed by atoms with Crippen LogP contribution in [0.2, 0.25) is 0 Å². The fourth-order valence-corrected chi connectivity index (χ4v) is 4.65. The molecule has 1 fully saturated rings. The van der Waals surface area contributed by atoms with E-state index in [4.69, 9.17) is 0 Å². The van der Waals surface area contributed by atoms with E-state index in [9.17, 15) is 16.8 Å². The molecule has 2 N–H and O–H groups in total. The maximum atomic E-state index is 11.5. The van der Waals surface area contributed by atoms with E-state index in [1.165, 1.54) is 0 Å². The summed E-state index contributed by atoms with van der Waals surface area (Å²) >= 11 is 0. The molecule has 0 bridgehead atoms. The summed E-state index contributed by atoms with van der Waals surface area (Å²) in [7, 11) is -6.45. The maximum absolute atomic E-state index is 11.5. The van der Waals surface area contributed by atoms with Gasteiger partial charge < -0.3 is 5.32 Å². The monoisotopic (exact) mass is 284 g/mol. The molecule has 1 rings (SSSR count). The molecule has 0 spiro atoms. The van der Waals surface area contributed by atoms with Gasteiger partial charge in [-0.05, 0) is 19.4 Å². The molecule has 6 nitrogen and oxygen atoms in total. The molecule has 1 aliphatic heterocycles. The van der Waals surface area contributed by atoms with E-state index in [2.05, 4.69) is 10.0 Å². The van der Waals surface area contributed by atoms with E-state index in [0.29, 0.717) is 25.9 Å². The van der Waals surface area contributed by atoms with Crippen molar-refractivity contribution in [2.75, 3.05) is 31.1 Å². The number of rotatable bonds is 7. The zero-order valence-corrected chi connectivity index (χ0v) is 11.6. The SMILES string of the molecule is CCNCCS(=O)(=O)NCC1CCCS1(=O)=O. The topological polar surface area (TPSA) is 92.3 Å². The van der Waals surface area contributed by atoms with Gasteiger partial charge in [-0.25, -0.2) is 21.6 Å². The van der Waals surface area contributed by atoms with Crippen LogP contribution in [0.25, 0.3) is 0 Å². The van der Waals surface area contributed by atoms with Crippen molar-refractivity contribution in [3.05, 3.63) is 0 Å². The third-order valence-electron chi connectivity index (χ3n) is 2.79. The summed E-state index contributed by atoms with van der Waals surface area (Å²) in [5.74, 6) is 0.157. The largest absolute Gasteiger partial charge is 0.316 e. The predicted molar refractivity (Wildman–Crippen MR) is 67.1 cm³/mol. The standard InChI is InChI=1S/C9H20N2O4S2/c1-2-10-5-7-17(14,15)11-8-9-4-3-6-16(9,12)13/h9-11H,2-8H2,1H3. The molecule has 102 valence electrons. The Morgan fingerprint density at radius 1 is 1.35 bits per heavy atom. The second kappa shape index (κ2) is 6.12. The van der Waals surface area contributed by atoms with Gasteiger partial charge in [0.15, 0.2) is 9.84 Å². The van der Waals surface area contributed by atoms with Gasteiger partial charge in [0.1, 0.15) is 0 Å². The Morgan fingerprint density at radius 3 is 2.59 bits per heavy atom. The molecule has 1 aliphatic rings. The maximum Gasteiger partial charge on any atom is 0.212 e. The molecule has 0 saturated carbocycles. The van der Waals surface area contributed by atoms with Gasteiger partial charge in [-0.3, -0.25) is 0 Å². The van der Waals surface area contributed by atoms with Gasteiger partial charge in [-0.15, -0.1) is 0 Å². The molecule has 0 amide bonds. The van der Waals surface area contributed by atoms with Crippen molar-refractivity contribution in [3.63, 3.8) is 0 Å². The Bertz CT molecular complexity index is 430. The minimum Gasteiger partial charge on any atom is -0.316 e. The Kier molecular flexibility index (Phi) is 5.36. The van der Waals surface area contributed by atoms with Gasteiger partial charge in [-0.1, -0.05) is 6.92 Å². The number of hydrogen-bond donors (Lipinski definition) is 2. The van der Waals surface area contributed by atoms with Crippen LogP contribution in [-0.4, -0.2) is 53.2 Å². The molecule has 0 aromatic rings. The normalized spacial score (nSPS) is 23.9. The number of sulfone groups is 1. The van der Waals surface area contributed by atoms with Gasteiger partial charge in [0.05, 0.1) is 16.8 Å². The molecule has 8 heteroatoms. The minimum absolute atomic E-state index is 0.0107. The first-order valence-electron chi connectivity index (χ1n) is 5.77. The van der Waals surface area contributed by atoms with Crippen molar-refractivity contribution >= 4 is 19.9 Å². The average Bonchev–Trinajstić information content (AvgIpc) is 2.55. The lowest BCUT2D eigenvalue weighted by atomic mass is 10.2. The predicted octanol–water partition coefficient (Wildman–Crippen LogP) is -0.907. The van der Waals surface area contributed by atoms with Crippen LogP contribution in [0.4, 0.5) is 0 Å². The first-order chi connectivity index (χ1) is 7.87. The van der Waals surface area contributed by atoms with E-state index in [-0.39, 0.29) is 18.1 Å². The highest BCUT2D eigenvalue weighted by atomic mass is 32.2. The fourth-order valence-electron chi connectivity index (χ4n) is 1.76. The van der Waals surface area contributed by atoms with Gasteiger partial charge in [-0.2, -0.15) is 0 Å². The zero-order valence-electron chi connectivity index (χ0n) is 9.98. The van der Waals surface area contributed by atoms with Crippen molar-refractivity contribution < 1.29 is 16.8 Å². The molecule has 17 heavy (non-hydrogen) atoms. The fraction of sp³-hybridized carbons (Fsp3) is 1.00. The van der Waals surface area contributed by atoms with Crippen molar-refractivity contribution in [3.8, 4) is 0 Å². The van der Waals surface area contributed by atoms with Crippen LogP contribution in [0.1, 0.15) is 19.8 Å². The second-order valence-electron chi connectivity index (χ2n) is 4.15. The van der Waals surface area contributed by atoms with Crippen molar-refractivity contribution in [1.29, 1.82) is 0 Å². The van der Waals surface area contributed by atoms with Gasteiger partial charge in [0, 0.05) is 13.1 Å².